The van der Waals surface area contributed by atoms with Gasteiger partial charge in [-0.25, -0.2) is 4.79 Å². The van der Waals surface area contributed by atoms with E-state index in [2.05, 4.69) is 13.5 Å². The van der Waals surface area contributed by atoms with Gasteiger partial charge in [0.15, 0.2) is 22.6 Å². The number of epoxide rings is 1. The summed E-state index contributed by atoms with van der Waals surface area (Å²) in [5, 5.41) is 25.5. The lowest BCUT2D eigenvalue weighted by Gasteiger charge is -2.61. The molecule has 3 aliphatic heterocycles. The van der Waals surface area contributed by atoms with Crippen molar-refractivity contribution in [2.75, 3.05) is 6.61 Å². The number of benzene rings is 2. The van der Waals surface area contributed by atoms with Crippen molar-refractivity contribution in [3.05, 3.63) is 90.0 Å². The molecule has 13 atom stereocenters. The van der Waals surface area contributed by atoms with Gasteiger partial charge >= 0.3 is 17.9 Å². The first-order valence-electron chi connectivity index (χ1n) is 23.8. The number of carbonyl (C=O) groups excluding carboxylic acids is 3. The summed E-state index contributed by atoms with van der Waals surface area (Å²) in [5.41, 5.74) is -5.27. The molecule has 3 saturated carbocycles. The number of aliphatic hydroxyl groups excluding tert-OH is 1. The monoisotopic (exact) mass is 868 g/mol. The van der Waals surface area contributed by atoms with E-state index < -0.39 is 94.2 Å². The van der Waals surface area contributed by atoms with Crippen molar-refractivity contribution in [3.8, 4) is 0 Å². The van der Waals surface area contributed by atoms with E-state index in [1.807, 2.05) is 67.6 Å². The fraction of sp³-hybridized carbons (Fsp3) is 0.635. The Labute approximate surface area is 372 Å². The average Bonchev–Trinajstić information content (AvgIpc) is 3.89. The summed E-state index contributed by atoms with van der Waals surface area (Å²) in [4.78, 5) is 41.7. The maximum Gasteiger partial charge on any atom is 0.331 e. The second-order valence-corrected chi connectivity index (χ2v) is 19.4. The molecule has 0 aromatic heterocycles. The summed E-state index contributed by atoms with van der Waals surface area (Å²) in [6.45, 7) is 11.7. The van der Waals surface area contributed by atoms with Crippen molar-refractivity contribution < 1.29 is 53.0 Å². The van der Waals surface area contributed by atoms with Crippen LogP contribution >= 0.6 is 0 Å². The summed E-state index contributed by atoms with van der Waals surface area (Å²) in [6.07, 6.45) is 14.1. The van der Waals surface area contributed by atoms with Crippen molar-refractivity contribution in [1.82, 2.24) is 0 Å². The zero-order valence-electron chi connectivity index (χ0n) is 37.6. The van der Waals surface area contributed by atoms with E-state index in [0.29, 0.717) is 17.6 Å². The van der Waals surface area contributed by atoms with Gasteiger partial charge in [0.05, 0.1) is 5.60 Å². The van der Waals surface area contributed by atoms with E-state index in [9.17, 15) is 24.6 Å². The first-order chi connectivity index (χ1) is 30.3. The van der Waals surface area contributed by atoms with Crippen molar-refractivity contribution in [2.24, 2.45) is 23.7 Å². The maximum absolute atomic E-state index is 14.4. The molecule has 342 valence electrons. The molecular weight excluding hydrogens is 801 g/mol. The van der Waals surface area contributed by atoms with Crippen molar-refractivity contribution >= 4 is 23.8 Å². The summed E-state index contributed by atoms with van der Waals surface area (Å²) in [6, 6.07) is 18.5. The number of aliphatic hydroxyl groups is 2. The van der Waals surface area contributed by atoms with Gasteiger partial charge in [-0.05, 0) is 37.0 Å². The van der Waals surface area contributed by atoms with E-state index in [4.69, 9.17) is 28.4 Å². The molecule has 0 amide bonds. The summed E-state index contributed by atoms with van der Waals surface area (Å²) < 4.78 is 40.4. The topological polar surface area (TPSA) is 150 Å². The number of fused-ring (bicyclic) bond motifs is 3. The van der Waals surface area contributed by atoms with E-state index in [-0.39, 0.29) is 19.4 Å². The highest BCUT2D eigenvalue weighted by Crippen LogP contribution is 2.75. The minimum Gasteiger partial charge on any atom is -0.462 e. The predicted octanol–water partition coefficient (Wildman–Crippen LogP) is 8.68. The molecule has 11 nitrogen and oxygen atoms in total. The lowest BCUT2D eigenvalue weighted by atomic mass is 9.52. The predicted molar refractivity (Wildman–Crippen MR) is 236 cm³/mol. The molecule has 11 heteroatoms. The number of ether oxygens (including phenoxy) is 6. The van der Waals surface area contributed by atoms with Crippen LogP contribution in [0.2, 0.25) is 0 Å². The van der Waals surface area contributed by atoms with Gasteiger partial charge in [0.25, 0.3) is 0 Å². The quantitative estimate of drug-likeness (QED) is 0.0408. The molecule has 6 aliphatic rings. The van der Waals surface area contributed by atoms with Crippen LogP contribution in [0, 0.1) is 23.7 Å². The number of carbonyl (C=O) groups is 3. The molecule has 6 fully saturated rings. The Balaban J connectivity index is 1.04. The first kappa shape index (κ1) is 45.8. The van der Waals surface area contributed by atoms with Crippen LogP contribution in [-0.2, 0) is 48.8 Å². The van der Waals surface area contributed by atoms with Crippen LogP contribution in [0.4, 0.5) is 0 Å². The van der Waals surface area contributed by atoms with Gasteiger partial charge in [-0.15, -0.1) is 0 Å². The average molecular weight is 869 g/mol. The standard InChI is InChI=1S/C52H68O11/c1-6-7-8-9-10-11-12-13-14-15-16-17-24-29-40(53)58-33-48-45(60-48)42-46-50(34(2)3)44(59-41(54)31-30-37-25-20-18-21-26-37)36(5)51(42,39-32-35(4)43(55)49(39,57)47(48)56)63-52(61-46,62-50)38-27-22-19-23-28-38/h18-23,25-28,30-31,35-36,39,42,44-47,56-57H,2,6-17,24,29,32-33H2,1,3-5H3/b31-30+/t35-,36+,39+,42-,44+,45-,46+,47+,48-,49+,50-,51-,52+/m0/s1. The van der Waals surface area contributed by atoms with E-state index >= 15 is 0 Å². The SMILES string of the molecule is C=C(C)[C@@]12O[C@@]3(c4ccccc4)O[C@@H]1[C@@H]1[C@@H]4O[C@]4(COC(=O)CCCCCCCCCCCCCCC)[C@@H](O)[C@]4(O)C(=O)[C@@H](C)C[C@H]4[C@@]1(O3)[C@H](C)[C@H]2OC(=O)/C=C/c1ccccc1. The number of esters is 2. The number of hydrogen-bond acceptors (Lipinski definition) is 11. The number of unbranched alkanes of at least 4 members (excludes halogenated alkanes) is 12. The van der Waals surface area contributed by atoms with Crippen molar-refractivity contribution in [1.29, 1.82) is 0 Å². The molecule has 3 aliphatic carbocycles. The number of Topliss-reactive ketones (excluding diaryl/α,β-unsaturated/α-hetero) is 1. The summed E-state index contributed by atoms with van der Waals surface area (Å²) in [5.74, 6) is -6.79. The van der Waals surface area contributed by atoms with Gasteiger partial charge < -0.3 is 38.6 Å². The molecule has 8 rings (SSSR count). The van der Waals surface area contributed by atoms with Crippen LogP contribution in [0.25, 0.3) is 6.08 Å². The van der Waals surface area contributed by atoms with Crippen LogP contribution in [0.3, 0.4) is 0 Å². The maximum atomic E-state index is 14.4. The van der Waals surface area contributed by atoms with Crippen LogP contribution < -0.4 is 0 Å². The highest BCUT2D eigenvalue weighted by molar-refractivity contribution is 5.93. The molecule has 3 saturated heterocycles. The van der Waals surface area contributed by atoms with Crippen molar-refractivity contribution in [2.45, 2.75) is 177 Å². The highest BCUT2D eigenvalue weighted by Gasteiger charge is 2.91. The zero-order chi connectivity index (χ0) is 44.6. The molecule has 0 radical (unpaired) electrons. The third kappa shape index (κ3) is 7.76. The Bertz CT molecular complexity index is 2000. The third-order valence-electron chi connectivity index (χ3n) is 15.4. The molecule has 3 heterocycles. The second-order valence-electron chi connectivity index (χ2n) is 19.4. The fourth-order valence-corrected chi connectivity index (χ4v) is 12.2. The molecule has 0 unspecified atom stereocenters. The van der Waals surface area contributed by atoms with Gasteiger partial charge in [-0.1, -0.05) is 165 Å². The smallest absolute Gasteiger partial charge is 0.331 e. The van der Waals surface area contributed by atoms with Gasteiger partial charge in [0.1, 0.15) is 31.0 Å². The van der Waals surface area contributed by atoms with Crippen LogP contribution in [-0.4, -0.2) is 81.4 Å². The van der Waals surface area contributed by atoms with Gasteiger partial charge in [0, 0.05) is 41.7 Å². The molecule has 2 aromatic rings. The molecule has 2 aromatic carbocycles. The minimum atomic E-state index is -2.39. The normalized spacial score (nSPS) is 38.2. The van der Waals surface area contributed by atoms with E-state index in [1.54, 1.807) is 19.9 Å². The van der Waals surface area contributed by atoms with Crippen LogP contribution in [0.5, 0.6) is 0 Å². The van der Waals surface area contributed by atoms with Crippen molar-refractivity contribution in [3.63, 3.8) is 0 Å². The summed E-state index contributed by atoms with van der Waals surface area (Å²) in [7, 11) is 0. The molecule has 63 heavy (non-hydrogen) atoms. The zero-order valence-corrected chi connectivity index (χ0v) is 37.6. The largest absolute Gasteiger partial charge is 0.462 e. The Morgan fingerprint density at radius 2 is 1.44 bits per heavy atom. The molecule has 2 N–H and O–H groups in total. The Morgan fingerprint density at radius 3 is 2.06 bits per heavy atom. The Hall–Kier alpha value is -3.71. The van der Waals surface area contributed by atoms with Gasteiger partial charge in [-0.3, -0.25) is 9.59 Å². The number of rotatable bonds is 21. The summed E-state index contributed by atoms with van der Waals surface area (Å²) >= 11 is 0. The minimum absolute atomic E-state index is 0.154. The van der Waals surface area contributed by atoms with E-state index in [1.165, 1.54) is 63.9 Å². The Morgan fingerprint density at radius 1 is 0.841 bits per heavy atom. The molecule has 3 bridgehead atoms. The Kier molecular flexibility index (Phi) is 13.3. The lowest BCUT2D eigenvalue weighted by molar-refractivity contribution is -0.443. The second kappa shape index (κ2) is 18.3. The highest BCUT2D eigenvalue weighted by atomic mass is 16.9. The number of ketones is 1. The third-order valence-corrected chi connectivity index (χ3v) is 15.4. The van der Waals surface area contributed by atoms with Gasteiger partial charge in [-0.2, -0.15) is 0 Å². The van der Waals surface area contributed by atoms with E-state index in [0.717, 1.165) is 24.8 Å². The fourth-order valence-electron chi connectivity index (χ4n) is 12.2. The lowest BCUT2D eigenvalue weighted by Crippen LogP contribution is -2.76. The van der Waals surface area contributed by atoms with Crippen LogP contribution in [0.1, 0.15) is 135 Å². The molecular formula is C52H68O11. The van der Waals surface area contributed by atoms with Gasteiger partial charge in [0.2, 0.25) is 0 Å². The first-order valence-corrected chi connectivity index (χ1v) is 23.8. The van der Waals surface area contributed by atoms with Crippen LogP contribution in [0.15, 0.2) is 78.9 Å². The molecule has 0 spiro atoms. The number of hydrogen-bond donors (Lipinski definition) is 2.